The summed E-state index contributed by atoms with van der Waals surface area (Å²) in [6.45, 7) is 0. The lowest BCUT2D eigenvalue weighted by molar-refractivity contribution is -0.384. The number of hydrogen-bond acceptors (Lipinski definition) is 6. The number of non-ortho nitro benzene ring substituents is 1. The molecule has 0 aromatic heterocycles. The number of hydrazine groups is 2. The molecule has 3 aromatic carbocycles. The summed E-state index contributed by atoms with van der Waals surface area (Å²) >= 11 is 6.33. The molecule has 0 fully saturated rings. The number of benzene rings is 3. The van der Waals surface area contributed by atoms with E-state index in [4.69, 9.17) is 11.6 Å². The van der Waals surface area contributed by atoms with E-state index in [9.17, 15) is 10.1 Å². The van der Waals surface area contributed by atoms with Gasteiger partial charge in [0.1, 0.15) is 5.69 Å². The van der Waals surface area contributed by atoms with Crippen LogP contribution in [0, 0.1) is 10.1 Å². The number of halogens is 1. The third kappa shape index (κ3) is 3.28. The Bertz CT molecular complexity index is 1010. The summed E-state index contributed by atoms with van der Waals surface area (Å²) in [6.07, 6.45) is 0. The van der Waals surface area contributed by atoms with Gasteiger partial charge in [0.2, 0.25) is 0 Å². The molecule has 0 unspecified atom stereocenters. The average molecular weight is 380 g/mol. The lowest BCUT2D eigenvalue weighted by Crippen LogP contribution is -2.44. The first-order valence-corrected chi connectivity index (χ1v) is 8.51. The lowest BCUT2D eigenvalue weighted by atomic mass is 10.2. The molecule has 0 bridgehead atoms. The summed E-state index contributed by atoms with van der Waals surface area (Å²) < 4.78 is 0. The van der Waals surface area contributed by atoms with Crippen LogP contribution >= 0.6 is 11.6 Å². The minimum Gasteiger partial charge on any atom is -0.259 e. The van der Waals surface area contributed by atoms with Crippen LogP contribution < -0.4 is 15.7 Å². The van der Waals surface area contributed by atoms with E-state index in [0.29, 0.717) is 11.5 Å². The predicted octanol–water partition coefficient (Wildman–Crippen LogP) is 4.36. The fourth-order valence-electron chi connectivity index (χ4n) is 2.70. The van der Waals surface area contributed by atoms with E-state index in [0.717, 1.165) is 11.3 Å². The molecule has 134 valence electrons. The van der Waals surface area contributed by atoms with Crippen LogP contribution in [-0.4, -0.2) is 10.8 Å². The van der Waals surface area contributed by atoms with Gasteiger partial charge in [-0.1, -0.05) is 60.1 Å². The number of amidine groups is 1. The molecule has 0 saturated heterocycles. The van der Waals surface area contributed by atoms with Gasteiger partial charge < -0.3 is 0 Å². The first kappa shape index (κ1) is 16.9. The van der Waals surface area contributed by atoms with Crippen molar-refractivity contribution in [2.24, 2.45) is 5.10 Å². The molecule has 1 aliphatic heterocycles. The van der Waals surface area contributed by atoms with Gasteiger partial charge in [0, 0.05) is 17.7 Å². The number of nitro groups is 1. The number of anilines is 2. The zero-order chi connectivity index (χ0) is 18.8. The molecule has 7 nitrogen and oxygen atoms in total. The third-order valence-corrected chi connectivity index (χ3v) is 4.30. The molecule has 1 aliphatic rings. The summed E-state index contributed by atoms with van der Waals surface area (Å²) in [7, 11) is 0. The van der Waals surface area contributed by atoms with Gasteiger partial charge in [-0.15, -0.1) is 10.2 Å². The van der Waals surface area contributed by atoms with Crippen LogP contribution in [0.15, 0.2) is 84.0 Å². The fourth-order valence-corrected chi connectivity index (χ4v) is 2.95. The van der Waals surface area contributed by atoms with E-state index in [2.05, 4.69) is 10.5 Å². The Balaban J connectivity index is 1.78. The van der Waals surface area contributed by atoms with Gasteiger partial charge in [-0.2, -0.15) is 5.12 Å². The molecule has 0 spiro atoms. The van der Waals surface area contributed by atoms with Crippen LogP contribution in [-0.2, 0) is 0 Å². The second-order valence-corrected chi connectivity index (χ2v) is 6.16. The van der Waals surface area contributed by atoms with Crippen molar-refractivity contribution in [1.82, 2.24) is 5.43 Å². The summed E-state index contributed by atoms with van der Waals surface area (Å²) in [6, 6.07) is 23.5. The number of nitrogens with one attached hydrogen (secondary N) is 1. The summed E-state index contributed by atoms with van der Waals surface area (Å²) in [5.41, 5.74) is 5.43. The Morgan fingerprint density at radius 1 is 0.963 bits per heavy atom. The summed E-state index contributed by atoms with van der Waals surface area (Å²) in [5, 5.41) is 19.2. The van der Waals surface area contributed by atoms with Gasteiger partial charge in [0.25, 0.3) is 5.69 Å². The molecule has 0 radical (unpaired) electrons. The Hall–Kier alpha value is -3.58. The maximum Gasteiger partial charge on any atom is 0.271 e. The van der Waals surface area contributed by atoms with E-state index in [1.54, 1.807) is 16.3 Å². The van der Waals surface area contributed by atoms with Gasteiger partial charge in [0.15, 0.2) is 5.84 Å². The highest BCUT2D eigenvalue weighted by Gasteiger charge is 2.28. The van der Waals surface area contributed by atoms with Crippen LogP contribution in [0.4, 0.5) is 17.1 Å². The molecule has 8 heteroatoms. The molecule has 27 heavy (non-hydrogen) atoms. The lowest BCUT2D eigenvalue weighted by Gasteiger charge is -2.28. The van der Waals surface area contributed by atoms with Crippen molar-refractivity contribution in [3.05, 3.63) is 99.6 Å². The molecule has 0 aliphatic carbocycles. The molecular formula is C19H14ClN5O2. The molecule has 3 aromatic rings. The second-order valence-electron chi connectivity index (χ2n) is 5.76. The summed E-state index contributed by atoms with van der Waals surface area (Å²) in [5.74, 6) is 0.633. The topological polar surface area (TPSA) is 74.0 Å². The van der Waals surface area contributed by atoms with E-state index in [1.165, 1.54) is 12.1 Å². The monoisotopic (exact) mass is 379 g/mol. The van der Waals surface area contributed by atoms with Crippen molar-refractivity contribution >= 4 is 34.5 Å². The van der Waals surface area contributed by atoms with E-state index < -0.39 is 4.92 Å². The van der Waals surface area contributed by atoms with Crippen LogP contribution in [0.5, 0.6) is 0 Å². The van der Waals surface area contributed by atoms with E-state index in [1.807, 2.05) is 60.7 Å². The Morgan fingerprint density at radius 3 is 2.26 bits per heavy atom. The quantitative estimate of drug-likeness (QED) is 0.538. The minimum absolute atomic E-state index is 0.0746. The van der Waals surface area contributed by atoms with Gasteiger partial charge in [-0.25, -0.2) is 0 Å². The number of rotatable bonds is 4. The standard InChI is InChI=1S/C19H14ClN5O2/c20-17-13-16(25(26)27)11-12-18(17)24-22-19(14-7-3-1-4-8-14)21-23(24)15-9-5-2-6-10-15/h1-13H,(H,21,22). The largest absolute Gasteiger partial charge is 0.271 e. The molecule has 4 rings (SSSR count). The van der Waals surface area contributed by atoms with Gasteiger partial charge >= 0.3 is 0 Å². The van der Waals surface area contributed by atoms with Crippen LogP contribution in [0.25, 0.3) is 0 Å². The number of hydrogen-bond donors (Lipinski definition) is 1. The Morgan fingerprint density at radius 2 is 1.63 bits per heavy atom. The summed E-state index contributed by atoms with van der Waals surface area (Å²) in [4.78, 5) is 10.5. The van der Waals surface area contributed by atoms with Crippen molar-refractivity contribution in [2.45, 2.75) is 0 Å². The van der Waals surface area contributed by atoms with E-state index >= 15 is 0 Å². The first-order valence-electron chi connectivity index (χ1n) is 8.13. The van der Waals surface area contributed by atoms with Crippen LogP contribution in [0.1, 0.15) is 5.56 Å². The molecule has 0 saturated carbocycles. The Labute approximate surface area is 160 Å². The molecule has 1 N–H and O–H groups in total. The van der Waals surface area contributed by atoms with Gasteiger partial charge in [-0.05, 0) is 18.2 Å². The second kappa shape index (κ2) is 6.97. The number of hydrazone groups is 1. The van der Waals surface area contributed by atoms with Crippen molar-refractivity contribution in [3.63, 3.8) is 0 Å². The van der Waals surface area contributed by atoms with Gasteiger partial charge in [-0.3, -0.25) is 15.5 Å². The van der Waals surface area contributed by atoms with Crippen molar-refractivity contribution in [2.75, 3.05) is 10.2 Å². The zero-order valence-corrected chi connectivity index (χ0v) is 14.7. The maximum absolute atomic E-state index is 11.0. The highest BCUT2D eigenvalue weighted by molar-refractivity contribution is 6.33. The minimum atomic E-state index is -0.481. The zero-order valence-electron chi connectivity index (χ0n) is 14.0. The van der Waals surface area contributed by atoms with Crippen molar-refractivity contribution in [1.29, 1.82) is 0 Å². The predicted molar refractivity (Wildman–Crippen MR) is 106 cm³/mol. The highest BCUT2D eigenvalue weighted by atomic mass is 35.5. The Kier molecular flexibility index (Phi) is 4.35. The smallest absolute Gasteiger partial charge is 0.259 e. The van der Waals surface area contributed by atoms with E-state index in [-0.39, 0.29) is 10.7 Å². The van der Waals surface area contributed by atoms with Crippen LogP contribution in [0.2, 0.25) is 5.02 Å². The molecule has 1 heterocycles. The van der Waals surface area contributed by atoms with Crippen LogP contribution in [0.3, 0.4) is 0 Å². The number of nitrogens with zero attached hydrogens (tertiary/aromatic N) is 4. The molecular weight excluding hydrogens is 366 g/mol. The fraction of sp³-hybridized carbons (Fsp3) is 0. The normalized spacial score (nSPS) is 13.3. The number of para-hydroxylation sites is 1. The maximum atomic E-state index is 11.0. The molecule has 0 amide bonds. The van der Waals surface area contributed by atoms with Crippen molar-refractivity contribution < 1.29 is 4.92 Å². The molecule has 0 atom stereocenters. The third-order valence-electron chi connectivity index (χ3n) is 4.00. The first-order chi connectivity index (χ1) is 13.1. The average Bonchev–Trinajstić information content (AvgIpc) is 3.14. The van der Waals surface area contributed by atoms with Crippen molar-refractivity contribution in [3.8, 4) is 0 Å². The highest BCUT2D eigenvalue weighted by Crippen LogP contribution is 2.33. The SMILES string of the molecule is O=[N+]([O-])c1ccc(N2N=C(c3ccccc3)NN2c2ccccc2)c(Cl)c1. The number of nitro benzene ring substituents is 1. The van der Waals surface area contributed by atoms with Gasteiger partial charge in [0.05, 0.1) is 15.6 Å².